The van der Waals surface area contributed by atoms with Crippen LogP contribution >= 0.6 is 0 Å². The van der Waals surface area contributed by atoms with Crippen molar-refractivity contribution in [1.29, 1.82) is 0 Å². The highest BCUT2D eigenvalue weighted by atomic mass is 16.2. The molecule has 1 saturated heterocycles. The summed E-state index contributed by atoms with van der Waals surface area (Å²) >= 11 is 0. The van der Waals surface area contributed by atoms with Crippen molar-refractivity contribution in [1.82, 2.24) is 4.90 Å². The van der Waals surface area contributed by atoms with Gasteiger partial charge < -0.3 is 4.90 Å². The third kappa shape index (κ3) is 3.79. The Morgan fingerprint density at radius 2 is 1.92 bits per heavy atom. The van der Waals surface area contributed by atoms with E-state index in [0.717, 1.165) is 19.4 Å². The van der Waals surface area contributed by atoms with Gasteiger partial charge in [0, 0.05) is 19.0 Å². The van der Waals surface area contributed by atoms with E-state index < -0.39 is 0 Å². The number of carbonyl (C=O) groups excluding carboxylic acids is 1. The molecule has 2 heteroatoms. The molecule has 0 aromatic rings. The molecule has 0 aromatic heterocycles. The fraction of sp³-hybridized carbons (Fsp3) is 0.909. The first kappa shape index (κ1) is 10.6. The van der Waals surface area contributed by atoms with Gasteiger partial charge in [-0.2, -0.15) is 0 Å². The zero-order chi connectivity index (χ0) is 9.68. The highest BCUT2D eigenvalue weighted by molar-refractivity contribution is 5.78. The standard InChI is InChI=1S/C11H21NO/c1-3-4-5-6-7-8-11(13)12-9-10(12)2/h10H,3-9H2,1-2H3. The smallest absolute Gasteiger partial charge is 0.222 e. The number of amides is 1. The van der Waals surface area contributed by atoms with Crippen LogP contribution in [0.15, 0.2) is 0 Å². The minimum absolute atomic E-state index is 0.365. The number of unbranched alkanes of at least 4 members (excludes halogenated alkanes) is 4. The summed E-state index contributed by atoms with van der Waals surface area (Å²) in [5.41, 5.74) is 0. The van der Waals surface area contributed by atoms with Crippen molar-refractivity contribution in [3.8, 4) is 0 Å². The summed E-state index contributed by atoms with van der Waals surface area (Å²) < 4.78 is 0. The van der Waals surface area contributed by atoms with Crippen molar-refractivity contribution in [3.05, 3.63) is 0 Å². The average molecular weight is 183 g/mol. The molecular weight excluding hydrogens is 162 g/mol. The number of carbonyl (C=O) groups is 1. The van der Waals surface area contributed by atoms with Crippen LogP contribution in [-0.4, -0.2) is 23.4 Å². The average Bonchev–Trinajstić information content (AvgIpc) is 2.82. The lowest BCUT2D eigenvalue weighted by molar-refractivity contribution is -0.126. The second-order valence-electron chi connectivity index (χ2n) is 4.06. The molecule has 2 nitrogen and oxygen atoms in total. The van der Waals surface area contributed by atoms with E-state index in [0.29, 0.717) is 11.9 Å². The Bertz CT molecular complexity index is 167. The minimum atomic E-state index is 0.365. The lowest BCUT2D eigenvalue weighted by atomic mass is 10.1. The van der Waals surface area contributed by atoms with Gasteiger partial charge in [0.05, 0.1) is 0 Å². The van der Waals surface area contributed by atoms with Crippen LogP contribution < -0.4 is 0 Å². The molecule has 0 N–H and O–H groups in total. The van der Waals surface area contributed by atoms with Crippen LogP contribution in [-0.2, 0) is 4.79 Å². The Balaban J connectivity index is 1.91. The molecule has 1 rings (SSSR count). The van der Waals surface area contributed by atoms with Crippen molar-refractivity contribution in [2.24, 2.45) is 0 Å². The molecular formula is C11H21NO. The van der Waals surface area contributed by atoms with Crippen molar-refractivity contribution < 1.29 is 4.79 Å². The van der Waals surface area contributed by atoms with Gasteiger partial charge in [-0.15, -0.1) is 0 Å². The van der Waals surface area contributed by atoms with Crippen LogP contribution in [0, 0.1) is 0 Å². The Hall–Kier alpha value is -0.530. The van der Waals surface area contributed by atoms with Crippen LogP contribution in [0.2, 0.25) is 0 Å². The SMILES string of the molecule is CCCCCCCC(=O)N1CC1C. The topological polar surface area (TPSA) is 20.1 Å². The van der Waals surface area contributed by atoms with E-state index in [1.54, 1.807) is 0 Å². The Morgan fingerprint density at radius 3 is 2.46 bits per heavy atom. The number of hydrogen-bond acceptors (Lipinski definition) is 1. The summed E-state index contributed by atoms with van der Waals surface area (Å²) in [5.74, 6) is 0.365. The van der Waals surface area contributed by atoms with Crippen molar-refractivity contribution in [2.75, 3.05) is 6.54 Å². The van der Waals surface area contributed by atoms with E-state index in [2.05, 4.69) is 13.8 Å². The van der Waals surface area contributed by atoms with Crippen LogP contribution in [0.1, 0.15) is 52.4 Å². The monoisotopic (exact) mass is 183 g/mol. The summed E-state index contributed by atoms with van der Waals surface area (Å²) in [4.78, 5) is 13.3. The van der Waals surface area contributed by atoms with E-state index in [9.17, 15) is 4.79 Å². The summed E-state index contributed by atoms with van der Waals surface area (Å²) in [6, 6.07) is 0.531. The van der Waals surface area contributed by atoms with E-state index in [-0.39, 0.29) is 0 Å². The Labute approximate surface area is 81.3 Å². The highest BCUT2D eigenvalue weighted by Gasteiger charge is 2.32. The van der Waals surface area contributed by atoms with E-state index in [4.69, 9.17) is 0 Å². The lowest BCUT2D eigenvalue weighted by Crippen LogP contribution is -2.11. The first-order valence-corrected chi connectivity index (χ1v) is 5.55. The summed E-state index contributed by atoms with van der Waals surface area (Å²) in [7, 11) is 0. The molecule has 13 heavy (non-hydrogen) atoms. The van der Waals surface area contributed by atoms with Crippen molar-refractivity contribution >= 4 is 5.91 Å². The number of hydrogen-bond donors (Lipinski definition) is 0. The van der Waals surface area contributed by atoms with Crippen LogP contribution in [0.3, 0.4) is 0 Å². The Kier molecular flexibility index (Phi) is 4.26. The van der Waals surface area contributed by atoms with Gasteiger partial charge in [-0.1, -0.05) is 32.6 Å². The zero-order valence-corrected chi connectivity index (χ0v) is 8.88. The second kappa shape index (κ2) is 5.25. The molecule has 0 saturated carbocycles. The molecule has 76 valence electrons. The minimum Gasteiger partial charge on any atom is -0.336 e. The molecule has 1 unspecified atom stereocenters. The predicted octanol–water partition coefficient (Wildman–Crippen LogP) is 2.58. The van der Waals surface area contributed by atoms with Crippen molar-refractivity contribution in [2.45, 2.75) is 58.4 Å². The molecule has 1 atom stereocenters. The molecule has 1 heterocycles. The molecule has 0 spiro atoms. The third-order valence-electron chi connectivity index (χ3n) is 2.67. The lowest BCUT2D eigenvalue weighted by Gasteiger charge is -2.02. The van der Waals surface area contributed by atoms with Gasteiger partial charge in [0.2, 0.25) is 5.91 Å². The van der Waals surface area contributed by atoms with E-state index >= 15 is 0 Å². The van der Waals surface area contributed by atoms with Crippen LogP contribution in [0.5, 0.6) is 0 Å². The normalized spacial score (nSPS) is 20.5. The fourth-order valence-corrected chi connectivity index (χ4v) is 1.61. The quantitative estimate of drug-likeness (QED) is 0.458. The van der Waals surface area contributed by atoms with Gasteiger partial charge in [0.1, 0.15) is 0 Å². The molecule has 1 fully saturated rings. The number of nitrogens with zero attached hydrogens (tertiary/aromatic N) is 1. The number of rotatable bonds is 6. The summed E-state index contributed by atoms with van der Waals surface area (Å²) in [6.07, 6.45) is 6.96. The fourth-order valence-electron chi connectivity index (χ4n) is 1.61. The molecule has 0 bridgehead atoms. The molecule has 0 radical (unpaired) electrons. The zero-order valence-electron chi connectivity index (χ0n) is 8.88. The maximum atomic E-state index is 11.4. The second-order valence-corrected chi connectivity index (χ2v) is 4.06. The van der Waals surface area contributed by atoms with Crippen molar-refractivity contribution in [3.63, 3.8) is 0 Å². The maximum absolute atomic E-state index is 11.4. The third-order valence-corrected chi connectivity index (χ3v) is 2.67. The summed E-state index contributed by atoms with van der Waals surface area (Å²) in [5, 5.41) is 0. The first-order chi connectivity index (χ1) is 6.25. The molecule has 1 aliphatic heterocycles. The van der Waals surface area contributed by atoms with Crippen LogP contribution in [0.25, 0.3) is 0 Å². The summed E-state index contributed by atoms with van der Waals surface area (Å²) in [6.45, 7) is 5.31. The first-order valence-electron chi connectivity index (χ1n) is 5.55. The Morgan fingerprint density at radius 1 is 1.31 bits per heavy atom. The van der Waals surface area contributed by atoms with Gasteiger partial charge in [-0.25, -0.2) is 0 Å². The molecule has 0 aliphatic carbocycles. The largest absolute Gasteiger partial charge is 0.336 e. The van der Waals surface area contributed by atoms with E-state index in [1.807, 2.05) is 4.90 Å². The predicted molar refractivity (Wildman–Crippen MR) is 54.6 cm³/mol. The van der Waals surface area contributed by atoms with Crippen LogP contribution in [0.4, 0.5) is 0 Å². The van der Waals surface area contributed by atoms with Gasteiger partial charge in [-0.05, 0) is 13.3 Å². The maximum Gasteiger partial charge on any atom is 0.222 e. The van der Waals surface area contributed by atoms with Gasteiger partial charge in [0.15, 0.2) is 0 Å². The molecule has 0 aromatic carbocycles. The van der Waals surface area contributed by atoms with E-state index in [1.165, 1.54) is 25.7 Å². The molecule has 1 aliphatic rings. The van der Waals surface area contributed by atoms with Gasteiger partial charge in [0.25, 0.3) is 0 Å². The van der Waals surface area contributed by atoms with Gasteiger partial charge in [-0.3, -0.25) is 4.79 Å². The highest BCUT2D eigenvalue weighted by Crippen LogP contribution is 2.18. The molecule has 1 amide bonds. The van der Waals surface area contributed by atoms with Gasteiger partial charge >= 0.3 is 0 Å².